The van der Waals surface area contributed by atoms with Gasteiger partial charge in [0.25, 0.3) is 0 Å². The lowest BCUT2D eigenvalue weighted by Gasteiger charge is -2.29. The SMILES string of the molecule is Cc1ccc(N(C)C(C)CCN)c(C)c1C. The first-order valence-electron chi connectivity index (χ1n) is 5.98. The van der Waals surface area contributed by atoms with E-state index in [0.717, 1.165) is 13.0 Å². The smallest absolute Gasteiger partial charge is 0.0398 e. The second kappa shape index (κ2) is 5.35. The molecule has 0 aromatic heterocycles. The number of nitrogens with zero attached hydrogens (tertiary/aromatic N) is 1. The van der Waals surface area contributed by atoms with Gasteiger partial charge in [-0.3, -0.25) is 0 Å². The van der Waals surface area contributed by atoms with Crippen LogP contribution in [0.5, 0.6) is 0 Å². The summed E-state index contributed by atoms with van der Waals surface area (Å²) in [6, 6.07) is 4.90. The Kier molecular flexibility index (Phi) is 4.36. The van der Waals surface area contributed by atoms with E-state index >= 15 is 0 Å². The van der Waals surface area contributed by atoms with E-state index in [0.29, 0.717) is 6.04 Å². The molecule has 0 spiro atoms. The minimum atomic E-state index is 0.491. The maximum absolute atomic E-state index is 5.61. The van der Waals surface area contributed by atoms with Crippen LogP contribution in [0.25, 0.3) is 0 Å². The molecule has 0 bridgehead atoms. The molecule has 1 aromatic rings. The molecule has 16 heavy (non-hydrogen) atoms. The van der Waals surface area contributed by atoms with Crippen LogP contribution in [0.1, 0.15) is 30.0 Å². The maximum Gasteiger partial charge on any atom is 0.0398 e. The largest absolute Gasteiger partial charge is 0.372 e. The Hall–Kier alpha value is -1.02. The van der Waals surface area contributed by atoms with Gasteiger partial charge in [-0.2, -0.15) is 0 Å². The minimum absolute atomic E-state index is 0.491. The lowest BCUT2D eigenvalue weighted by atomic mass is 10.0. The molecular formula is C14H24N2. The molecule has 0 fully saturated rings. The molecule has 0 saturated heterocycles. The van der Waals surface area contributed by atoms with Crippen molar-refractivity contribution in [3.05, 3.63) is 28.8 Å². The second-order valence-electron chi connectivity index (χ2n) is 4.69. The van der Waals surface area contributed by atoms with E-state index in [9.17, 15) is 0 Å². The standard InChI is InChI=1S/C14H24N2/c1-10-6-7-14(13(4)12(10)3)16(5)11(2)8-9-15/h6-7,11H,8-9,15H2,1-5H3. The number of rotatable bonds is 4. The summed E-state index contributed by atoms with van der Waals surface area (Å²) in [5.74, 6) is 0. The zero-order valence-corrected chi connectivity index (χ0v) is 11.2. The predicted molar refractivity (Wildman–Crippen MR) is 72.2 cm³/mol. The van der Waals surface area contributed by atoms with Crippen molar-refractivity contribution in [3.63, 3.8) is 0 Å². The van der Waals surface area contributed by atoms with Crippen LogP contribution in [0.15, 0.2) is 12.1 Å². The predicted octanol–water partition coefficient (Wildman–Crippen LogP) is 2.79. The summed E-state index contributed by atoms with van der Waals surface area (Å²) in [6.07, 6.45) is 1.03. The van der Waals surface area contributed by atoms with Gasteiger partial charge >= 0.3 is 0 Å². The second-order valence-corrected chi connectivity index (χ2v) is 4.69. The Bertz CT molecular complexity index is 358. The summed E-state index contributed by atoms with van der Waals surface area (Å²) in [5, 5.41) is 0. The molecule has 2 nitrogen and oxygen atoms in total. The molecule has 0 heterocycles. The van der Waals surface area contributed by atoms with E-state index in [1.54, 1.807) is 0 Å². The van der Waals surface area contributed by atoms with Crippen molar-refractivity contribution in [2.24, 2.45) is 5.73 Å². The fourth-order valence-corrected chi connectivity index (χ4v) is 2.00. The summed E-state index contributed by atoms with van der Waals surface area (Å²) in [5.41, 5.74) is 11.1. The topological polar surface area (TPSA) is 29.3 Å². The van der Waals surface area contributed by atoms with E-state index in [4.69, 9.17) is 5.73 Å². The highest BCUT2D eigenvalue weighted by molar-refractivity contribution is 5.58. The number of aryl methyl sites for hydroxylation is 1. The lowest BCUT2D eigenvalue weighted by molar-refractivity contribution is 0.634. The van der Waals surface area contributed by atoms with Crippen LogP contribution in [0.3, 0.4) is 0 Å². The van der Waals surface area contributed by atoms with E-state index in [1.807, 2.05) is 0 Å². The fourth-order valence-electron chi connectivity index (χ4n) is 2.00. The fraction of sp³-hybridized carbons (Fsp3) is 0.571. The van der Waals surface area contributed by atoms with Gasteiger partial charge < -0.3 is 10.6 Å². The molecule has 90 valence electrons. The van der Waals surface area contributed by atoms with Crippen LogP contribution in [0, 0.1) is 20.8 Å². The number of nitrogens with two attached hydrogens (primary N) is 1. The molecule has 0 aliphatic rings. The maximum atomic E-state index is 5.61. The van der Waals surface area contributed by atoms with Gasteiger partial charge in [0.2, 0.25) is 0 Å². The highest BCUT2D eigenvalue weighted by atomic mass is 15.1. The van der Waals surface area contributed by atoms with E-state index < -0.39 is 0 Å². The zero-order valence-electron chi connectivity index (χ0n) is 11.2. The number of hydrogen-bond acceptors (Lipinski definition) is 2. The average molecular weight is 220 g/mol. The zero-order chi connectivity index (χ0) is 12.3. The molecule has 0 radical (unpaired) electrons. The van der Waals surface area contributed by atoms with Crippen molar-refractivity contribution in [2.75, 3.05) is 18.5 Å². The molecule has 2 heteroatoms. The summed E-state index contributed by atoms with van der Waals surface area (Å²) < 4.78 is 0. The van der Waals surface area contributed by atoms with E-state index in [1.165, 1.54) is 22.4 Å². The third kappa shape index (κ3) is 2.56. The monoisotopic (exact) mass is 220 g/mol. The van der Waals surface area contributed by atoms with Crippen molar-refractivity contribution in [2.45, 2.75) is 40.2 Å². The van der Waals surface area contributed by atoms with Gasteiger partial charge in [-0.05, 0) is 63.4 Å². The van der Waals surface area contributed by atoms with Crippen LogP contribution in [0.4, 0.5) is 5.69 Å². The van der Waals surface area contributed by atoms with Crippen LogP contribution >= 0.6 is 0 Å². The Balaban J connectivity index is 3.00. The van der Waals surface area contributed by atoms with Crippen molar-refractivity contribution in [1.29, 1.82) is 0 Å². The van der Waals surface area contributed by atoms with Crippen LogP contribution in [-0.2, 0) is 0 Å². The van der Waals surface area contributed by atoms with Gasteiger partial charge in [0.05, 0.1) is 0 Å². The highest BCUT2D eigenvalue weighted by Crippen LogP contribution is 2.26. The Labute approximate surface area is 99.5 Å². The molecular weight excluding hydrogens is 196 g/mol. The minimum Gasteiger partial charge on any atom is -0.372 e. The molecule has 0 saturated carbocycles. The van der Waals surface area contributed by atoms with Crippen molar-refractivity contribution >= 4 is 5.69 Å². The lowest BCUT2D eigenvalue weighted by Crippen LogP contribution is -2.31. The summed E-state index contributed by atoms with van der Waals surface area (Å²) in [7, 11) is 2.15. The average Bonchev–Trinajstić information content (AvgIpc) is 2.26. The van der Waals surface area contributed by atoms with Gasteiger partial charge in [-0.1, -0.05) is 6.07 Å². The molecule has 2 N–H and O–H groups in total. The molecule has 0 aliphatic heterocycles. The van der Waals surface area contributed by atoms with Crippen LogP contribution in [0.2, 0.25) is 0 Å². The number of benzene rings is 1. The van der Waals surface area contributed by atoms with Gasteiger partial charge in [0.15, 0.2) is 0 Å². The first kappa shape index (κ1) is 13.0. The summed E-state index contributed by atoms with van der Waals surface area (Å²) >= 11 is 0. The van der Waals surface area contributed by atoms with Crippen molar-refractivity contribution in [1.82, 2.24) is 0 Å². The summed E-state index contributed by atoms with van der Waals surface area (Å²) in [6.45, 7) is 9.52. The third-order valence-corrected chi connectivity index (χ3v) is 3.66. The molecule has 1 aromatic carbocycles. The number of hydrogen-bond donors (Lipinski definition) is 1. The Morgan fingerprint density at radius 2 is 1.81 bits per heavy atom. The first-order valence-corrected chi connectivity index (χ1v) is 5.98. The summed E-state index contributed by atoms with van der Waals surface area (Å²) in [4.78, 5) is 2.33. The van der Waals surface area contributed by atoms with Crippen molar-refractivity contribution < 1.29 is 0 Å². The van der Waals surface area contributed by atoms with Crippen LogP contribution < -0.4 is 10.6 Å². The third-order valence-electron chi connectivity index (χ3n) is 3.66. The highest BCUT2D eigenvalue weighted by Gasteiger charge is 2.12. The van der Waals surface area contributed by atoms with Gasteiger partial charge in [0.1, 0.15) is 0 Å². The Morgan fingerprint density at radius 1 is 1.19 bits per heavy atom. The van der Waals surface area contributed by atoms with Crippen LogP contribution in [-0.4, -0.2) is 19.6 Å². The van der Waals surface area contributed by atoms with Crippen molar-refractivity contribution in [3.8, 4) is 0 Å². The van der Waals surface area contributed by atoms with Gasteiger partial charge in [0, 0.05) is 18.8 Å². The molecule has 0 amide bonds. The first-order chi connectivity index (χ1) is 7.49. The van der Waals surface area contributed by atoms with Gasteiger partial charge in [-0.15, -0.1) is 0 Å². The molecule has 0 aliphatic carbocycles. The molecule has 1 rings (SSSR count). The molecule has 1 atom stereocenters. The van der Waals surface area contributed by atoms with E-state index in [-0.39, 0.29) is 0 Å². The Morgan fingerprint density at radius 3 is 2.38 bits per heavy atom. The van der Waals surface area contributed by atoms with E-state index in [2.05, 4.69) is 51.8 Å². The quantitative estimate of drug-likeness (QED) is 0.845. The normalized spacial score (nSPS) is 12.6. The number of anilines is 1. The molecule has 1 unspecified atom stereocenters. The van der Waals surface area contributed by atoms with Gasteiger partial charge in [-0.25, -0.2) is 0 Å².